The third-order valence-corrected chi connectivity index (χ3v) is 7.11. The van der Waals surface area contributed by atoms with Crippen molar-refractivity contribution in [3.05, 3.63) is 88.4 Å². The van der Waals surface area contributed by atoms with Crippen molar-refractivity contribution in [2.24, 2.45) is 26.9 Å². The highest BCUT2D eigenvalue weighted by atomic mass is 35.5. The van der Waals surface area contributed by atoms with E-state index in [0.717, 1.165) is 4.68 Å². The van der Waals surface area contributed by atoms with Crippen molar-refractivity contribution in [2.75, 3.05) is 22.5 Å². The molecule has 4 aromatic heterocycles. The number of fused-ring (bicyclic) bond motifs is 1. The highest BCUT2D eigenvalue weighted by molar-refractivity contribution is 6.09. The summed E-state index contributed by atoms with van der Waals surface area (Å²) in [7, 11) is 4.83. The van der Waals surface area contributed by atoms with Crippen LogP contribution in [0.5, 0.6) is 0 Å². The lowest BCUT2D eigenvalue weighted by Gasteiger charge is -2.10. The van der Waals surface area contributed by atoms with Gasteiger partial charge in [0.2, 0.25) is 5.91 Å². The SMILES string of the molecule is Cl.Cn1cc(NC(=O)n2cc3c([N+](=O)[O-])cccc3n2)cc1C(=O)Nc1cc(C(=O)Nc2ccn(C)c2C(=O)NCCC(N)=O)n(C)c1. The van der Waals surface area contributed by atoms with Crippen LogP contribution in [0.25, 0.3) is 10.9 Å². The molecule has 5 aromatic rings. The standard InChI is InChI=1S/C29H29N11O7.ClH/c1-36-10-8-20(25(36)28(44)31-9-7-24(30)41)34-27(43)23-11-16(13-37(23)2)32-26(42)22-12-17(14-38(22)3)33-29(45)39-15-18-19(35-39)5-4-6-21(18)40(46)47;/h4-6,8,10-15H,7,9H2,1-3H3,(H2,30,41)(H,31,44)(H,32,42)(H,33,45)(H,34,43);1H. The second-order valence-electron chi connectivity index (χ2n) is 10.5. The molecule has 6 N–H and O–H groups in total. The lowest BCUT2D eigenvalue weighted by molar-refractivity contribution is -0.383. The van der Waals surface area contributed by atoms with Gasteiger partial charge in [-0.05, 0) is 24.3 Å². The van der Waals surface area contributed by atoms with E-state index in [1.54, 1.807) is 39.5 Å². The van der Waals surface area contributed by atoms with Gasteiger partial charge in [0.1, 0.15) is 17.1 Å². The quantitative estimate of drug-likeness (QED) is 0.108. The van der Waals surface area contributed by atoms with E-state index in [0.29, 0.717) is 5.69 Å². The maximum atomic E-state index is 13.1. The van der Waals surface area contributed by atoms with Gasteiger partial charge in [-0.1, -0.05) is 6.07 Å². The molecule has 5 rings (SSSR count). The molecule has 48 heavy (non-hydrogen) atoms. The predicted molar refractivity (Wildman–Crippen MR) is 176 cm³/mol. The second kappa shape index (κ2) is 13.9. The normalized spacial score (nSPS) is 10.6. The molecule has 0 fully saturated rings. The number of carbonyl (C=O) groups excluding carboxylic acids is 5. The van der Waals surface area contributed by atoms with Gasteiger partial charge in [0.25, 0.3) is 23.4 Å². The highest BCUT2D eigenvalue weighted by Crippen LogP contribution is 2.25. The fourth-order valence-corrected chi connectivity index (χ4v) is 4.87. The van der Waals surface area contributed by atoms with Gasteiger partial charge in [0.15, 0.2) is 0 Å². The maximum absolute atomic E-state index is 13.1. The highest BCUT2D eigenvalue weighted by Gasteiger charge is 2.22. The molecule has 19 heteroatoms. The topological polar surface area (TPSA) is 235 Å². The number of nitrogens with one attached hydrogen (secondary N) is 4. The molecule has 0 spiro atoms. The number of nitrogens with two attached hydrogens (primary N) is 1. The Morgan fingerprint density at radius 3 is 2.10 bits per heavy atom. The number of hydrogen-bond acceptors (Lipinski definition) is 8. The number of carbonyl (C=O) groups is 5. The predicted octanol–water partition coefficient (Wildman–Crippen LogP) is 2.57. The average molecular weight is 680 g/mol. The number of hydrogen-bond donors (Lipinski definition) is 5. The summed E-state index contributed by atoms with van der Waals surface area (Å²) in [6.07, 6.45) is 5.84. The number of non-ortho nitro benzene ring substituents is 1. The van der Waals surface area contributed by atoms with E-state index < -0.39 is 34.6 Å². The van der Waals surface area contributed by atoms with E-state index >= 15 is 0 Å². The maximum Gasteiger partial charge on any atom is 0.346 e. The first-order valence-corrected chi connectivity index (χ1v) is 13.9. The van der Waals surface area contributed by atoms with Gasteiger partial charge >= 0.3 is 6.03 Å². The van der Waals surface area contributed by atoms with Crippen molar-refractivity contribution < 1.29 is 28.9 Å². The Morgan fingerprint density at radius 1 is 0.854 bits per heavy atom. The van der Waals surface area contributed by atoms with Crippen LogP contribution in [-0.2, 0) is 25.9 Å². The molecule has 0 aliphatic heterocycles. The summed E-state index contributed by atoms with van der Waals surface area (Å²) in [6.45, 7) is 0.0387. The van der Waals surface area contributed by atoms with Gasteiger partial charge in [-0.2, -0.15) is 9.78 Å². The van der Waals surface area contributed by atoms with Crippen molar-refractivity contribution in [3.63, 3.8) is 0 Å². The number of primary amides is 1. The van der Waals surface area contributed by atoms with E-state index in [-0.39, 0.29) is 70.4 Å². The number of nitrogens with zero attached hydrogens (tertiary/aromatic N) is 6. The van der Waals surface area contributed by atoms with E-state index in [4.69, 9.17) is 5.73 Å². The molecular weight excluding hydrogens is 650 g/mol. The molecule has 1 aromatic carbocycles. The summed E-state index contributed by atoms with van der Waals surface area (Å²) in [6, 6.07) is 8.07. The number of aromatic nitrogens is 5. The first-order chi connectivity index (χ1) is 22.3. The molecule has 0 aliphatic rings. The molecule has 4 heterocycles. The lowest BCUT2D eigenvalue weighted by Crippen LogP contribution is -2.30. The third-order valence-electron chi connectivity index (χ3n) is 7.11. The zero-order valence-electron chi connectivity index (χ0n) is 25.7. The Kier molecular flexibility index (Phi) is 9.98. The fraction of sp³-hybridized carbons (Fsp3) is 0.172. The summed E-state index contributed by atoms with van der Waals surface area (Å²) >= 11 is 0. The molecule has 18 nitrogen and oxygen atoms in total. The number of anilines is 3. The fourth-order valence-electron chi connectivity index (χ4n) is 4.87. The molecular formula is C29H30ClN11O7. The van der Waals surface area contributed by atoms with Gasteiger partial charge in [0.05, 0.1) is 39.1 Å². The Balaban J connectivity index is 0.00000520. The number of benzene rings is 1. The summed E-state index contributed by atoms with van der Waals surface area (Å²) in [5.74, 6) is -2.16. The average Bonchev–Trinajstić information content (AvgIpc) is 3.77. The number of rotatable bonds is 10. The largest absolute Gasteiger partial charge is 0.370 e. The van der Waals surface area contributed by atoms with Crippen molar-refractivity contribution in [1.82, 2.24) is 28.8 Å². The minimum atomic E-state index is -0.698. The molecule has 250 valence electrons. The molecule has 0 saturated carbocycles. The second-order valence-corrected chi connectivity index (χ2v) is 10.5. The summed E-state index contributed by atoms with van der Waals surface area (Å²) < 4.78 is 5.44. The van der Waals surface area contributed by atoms with Crippen molar-refractivity contribution in [2.45, 2.75) is 6.42 Å². The van der Waals surface area contributed by atoms with Crippen molar-refractivity contribution >= 4 is 75.7 Å². The summed E-state index contributed by atoms with van der Waals surface area (Å²) in [5.41, 5.74) is 6.52. The monoisotopic (exact) mass is 679 g/mol. The zero-order valence-corrected chi connectivity index (χ0v) is 26.5. The number of halogens is 1. The van der Waals surface area contributed by atoms with Crippen LogP contribution in [0.4, 0.5) is 27.5 Å². The van der Waals surface area contributed by atoms with Crippen LogP contribution in [0.1, 0.15) is 37.9 Å². The molecule has 5 amide bonds. The van der Waals surface area contributed by atoms with Gasteiger partial charge in [-0.15, -0.1) is 12.4 Å². The van der Waals surface area contributed by atoms with Gasteiger partial charge in [-0.25, -0.2) is 4.79 Å². The van der Waals surface area contributed by atoms with Crippen molar-refractivity contribution in [1.29, 1.82) is 0 Å². The molecule has 0 aliphatic carbocycles. The lowest BCUT2D eigenvalue weighted by atomic mass is 10.2. The van der Waals surface area contributed by atoms with Gasteiger partial charge < -0.3 is 40.7 Å². The zero-order chi connectivity index (χ0) is 34.0. The van der Waals surface area contributed by atoms with E-state index in [2.05, 4.69) is 26.4 Å². The number of amides is 5. The smallest absolute Gasteiger partial charge is 0.346 e. The van der Waals surface area contributed by atoms with E-state index in [9.17, 15) is 34.1 Å². The van der Waals surface area contributed by atoms with Crippen LogP contribution in [0.2, 0.25) is 0 Å². The molecule has 0 bridgehead atoms. The first kappa shape index (κ1) is 34.4. The van der Waals surface area contributed by atoms with Crippen LogP contribution in [0.3, 0.4) is 0 Å². The Morgan fingerprint density at radius 2 is 1.48 bits per heavy atom. The molecule has 0 unspecified atom stereocenters. The molecule has 0 radical (unpaired) electrons. The van der Waals surface area contributed by atoms with Crippen LogP contribution in [0.15, 0.2) is 61.2 Å². The minimum absolute atomic E-state index is 0. The summed E-state index contributed by atoms with van der Waals surface area (Å²) in [5, 5.41) is 26.2. The van der Waals surface area contributed by atoms with Crippen LogP contribution in [-0.4, -0.2) is 64.6 Å². The van der Waals surface area contributed by atoms with E-state index in [1.165, 1.54) is 56.6 Å². The van der Waals surface area contributed by atoms with Crippen LogP contribution >= 0.6 is 12.4 Å². The minimum Gasteiger partial charge on any atom is -0.370 e. The third kappa shape index (κ3) is 7.18. The summed E-state index contributed by atoms with van der Waals surface area (Å²) in [4.78, 5) is 73.5. The molecule has 0 atom stereocenters. The van der Waals surface area contributed by atoms with Crippen LogP contribution in [0, 0.1) is 10.1 Å². The number of aryl methyl sites for hydroxylation is 3. The number of nitro benzene ring substituents is 1. The number of nitro groups is 1. The Labute approximate surface area is 277 Å². The first-order valence-electron chi connectivity index (χ1n) is 13.9. The van der Waals surface area contributed by atoms with Crippen molar-refractivity contribution in [3.8, 4) is 0 Å². The molecule has 0 saturated heterocycles. The van der Waals surface area contributed by atoms with E-state index in [1.807, 2.05) is 0 Å². The Hall–Kier alpha value is -6.43. The van der Waals surface area contributed by atoms with Crippen LogP contribution < -0.4 is 27.0 Å². The van der Waals surface area contributed by atoms with Gasteiger partial charge in [0, 0.05) is 58.8 Å². The van der Waals surface area contributed by atoms with Gasteiger partial charge in [-0.3, -0.25) is 29.3 Å². The Bertz CT molecular complexity index is 2090.